The Labute approximate surface area is 100 Å². The van der Waals surface area contributed by atoms with Crippen molar-refractivity contribution < 1.29 is 0 Å². The molecule has 0 saturated carbocycles. The molecule has 2 aromatic heterocycles. The van der Waals surface area contributed by atoms with Crippen LogP contribution in [0.3, 0.4) is 0 Å². The molecule has 0 bridgehead atoms. The zero-order valence-electron chi connectivity index (χ0n) is 10.4. The number of rotatable bonds is 4. The fraction of sp³-hybridized carbons (Fsp3) is 0.545. The molecule has 0 spiro atoms. The summed E-state index contributed by atoms with van der Waals surface area (Å²) in [6.45, 7) is 5.62. The van der Waals surface area contributed by atoms with Crippen LogP contribution in [0.4, 0.5) is 5.82 Å². The van der Waals surface area contributed by atoms with Crippen LogP contribution in [0, 0.1) is 5.41 Å². The highest BCUT2D eigenvalue weighted by Gasteiger charge is 2.16. The van der Waals surface area contributed by atoms with Gasteiger partial charge in [-0.2, -0.15) is 5.10 Å². The topological polar surface area (TPSA) is 81.7 Å². The van der Waals surface area contributed by atoms with Crippen LogP contribution >= 0.6 is 0 Å². The van der Waals surface area contributed by atoms with Gasteiger partial charge in [-0.3, -0.25) is 4.68 Å². The molecule has 2 aromatic rings. The van der Waals surface area contributed by atoms with E-state index in [1.54, 1.807) is 17.2 Å². The number of nitrogens with one attached hydrogen (secondary N) is 1. The number of nitrogens with two attached hydrogens (primary N) is 1. The lowest BCUT2D eigenvalue weighted by Crippen LogP contribution is -2.31. The normalized spacial score (nSPS) is 12.0. The third kappa shape index (κ3) is 2.36. The van der Waals surface area contributed by atoms with Gasteiger partial charge in [0.1, 0.15) is 12.1 Å². The van der Waals surface area contributed by atoms with E-state index in [1.165, 1.54) is 0 Å². The zero-order chi connectivity index (χ0) is 12.5. The van der Waals surface area contributed by atoms with Gasteiger partial charge in [0.25, 0.3) is 0 Å². The molecule has 0 aliphatic heterocycles. The van der Waals surface area contributed by atoms with Crippen LogP contribution in [-0.4, -0.2) is 32.8 Å². The maximum absolute atomic E-state index is 5.70. The third-order valence-electron chi connectivity index (χ3n) is 2.82. The lowest BCUT2D eigenvalue weighted by Gasteiger charge is -2.22. The number of aryl methyl sites for hydroxylation is 1. The molecule has 92 valence electrons. The van der Waals surface area contributed by atoms with Crippen molar-refractivity contribution in [2.24, 2.45) is 18.2 Å². The van der Waals surface area contributed by atoms with Crippen LogP contribution in [0.1, 0.15) is 13.8 Å². The Bertz CT molecular complexity index is 516. The van der Waals surface area contributed by atoms with Crippen LogP contribution in [0.25, 0.3) is 11.0 Å². The van der Waals surface area contributed by atoms with E-state index in [2.05, 4.69) is 34.2 Å². The number of aromatic nitrogens is 4. The molecule has 3 N–H and O–H groups in total. The van der Waals surface area contributed by atoms with E-state index in [0.29, 0.717) is 6.54 Å². The lowest BCUT2D eigenvalue weighted by molar-refractivity contribution is 0.405. The van der Waals surface area contributed by atoms with Crippen molar-refractivity contribution in [1.82, 2.24) is 19.7 Å². The molecule has 0 aliphatic rings. The fourth-order valence-electron chi connectivity index (χ4n) is 1.50. The zero-order valence-corrected chi connectivity index (χ0v) is 10.4. The van der Waals surface area contributed by atoms with Crippen molar-refractivity contribution in [3.8, 4) is 0 Å². The first-order chi connectivity index (χ1) is 8.03. The molecular formula is C11H18N6. The van der Waals surface area contributed by atoms with Crippen molar-refractivity contribution >= 4 is 16.9 Å². The molecule has 2 heterocycles. The highest BCUT2D eigenvalue weighted by Crippen LogP contribution is 2.20. The van der Waals surface area contributed by atoms with Crippen LogP contribution in [0.15, 0.2) is 12.5 Å². The van der Waals surface area contributed by atoms with E-state index in [1.807, 2.05) is 7.05 Å². The Morgan fingerprint density at radius 2 is 2.18 bits per heavy atom. The average molecular weight is 234 g/mol. The molecule has 0 amide bonds. The summed E-state index contributed by atoms with van der Waals surface area (Å²) >= 11 is 0. The fourth-order valence-corrected chi connectivity index (χ4v) is 1.50. The highest BCUT2D eigenvalue weighted by molar-refractivity contribution is 5.85. The predicted octanol–water partition coefficient (Wildman–Crippen LogP) is 0.760. The van der Waals surface area contributed by atoms with Crippen LogP contribution in [0.2, 0.25) is 0 Å². The molecule has 17 heavy (non-hydrogen) atoms. The molecule has 0 radical (unpaired) electrons. The summed E-state index contributed by atoms with van der Waals surface area (Å²) in [4.78, 5) is 8.43. The highest BCUT2D eigenvalue weighted by atomic mass is 15.3. The Hall–Kier alpha value is -1.69. The summed E-state index contributed by atoms with van der Waals surface area (Å²) in [5.41, 5.74) is 6.57. The van der Waals surface area contributed by atoms with Gasteiger partial charge in [0.05, 0.1) is 11.6 Å². The first-order valence-corrected chi connectivity index (χ1v) is 5.60. The molecular weight excluding hydrogens is 216 g/mol. The van der Waals surface area contributed by atoms with E-state index in [4.69, 9.17) is 5.73 Å². The molecule has 0 saturated heterocycles. The maximum atomic E-state index is 5.70. The molecule has 0 fully saturated rings. The van der Waals surface area contributed by atoms with Crippen molar-refractivity contribution in [3.05, 3.63) is 12.5 Å². The lowest BCUT2D eigenvalue weighted by atomic mass is 9.94. The van der Waals surface area contributed by atoms with Crippen molar-refractivity contribution in [1.29, 1.82) is 0 Å². The van der Waals surface area contributed by atoms with Gasteiger partial charge >= 0.3 is 0 Å². The van der Waals surface area contributed by atoms with Gasteiger partial charge in [-0.15, -0.1) is 0 Å². The van der Waals surface area contributed by atoms with Crippen LogP contribution in [0.5, 0.6) is 0 Å². The van der Waals surface area contributed by atoms with Gasteiger partial charge < -0.3 is 11.1 Å². The molecule has 0 aromatic carbocycles. The number of fused-ring (bicyclic) bond motifs is 1. The van der Waals surface area contributed by atoms with Gasteiger partial charge in [-0.05, 0) is 12.0 Å². The summed E-state index contributed by atoms with van der Waals surface area (Å²) in [5, 5.41) is 8.41. The Balaban J connectivity index is 2.25. The SMILES string of the molecule is Cn1ncc2c(NCC(C)(C)CN)ncnc21. The summed E-state index contributed by atoms with van der Waals surface area (Å²) in [6.07, 6.45) is 3.31. The molecule has 0 unspecified atom stereocenters. The minimum absolute atomic E-state index is 0.0412. The second-order valence-electron chi connectivity index (χ2n) is 4.95. The Morgan fingerprint density at radius 1 is 1.41 bits per heavy atom. The molecule has 2 rings (SSSR count). The number of anilines is 1. The molecule has 0 atom stereocenters. The number of hydrogen-bond donors (Lipinski definition) is 2. The van der Waals surface area contributed by atoms with Gasteiger partial charge in [-0.1, -0.05) is 13.8 Å². The first-order valence-electron chi connectivity index (χ1n) is 5.60. The smallest absolute Gasteiger partial charge is 0.163 e. The van der Waals surface area contributed by atoms with Gasteiger partial charge in [-0.25, -0.2) is 9.97 Å². The van der Waals surface area contributed by atoms with Gasteiger partial charge in [0.15, 0.2) is 5.65 Å². The molecule has 6 heteroatoms. The average Bonchev–Trinajstić information content (AvgIpc) is 2.70. The molecule has 6 nitrogen and oxygen atoms in total. The van der Waals surface area contributed by atoms with E-state index in [0.717, 1.165) is 23.4 Å². The largest absolute Gasteiger partial charge is 0.369 e. The van der Waals surface area contributed by atoms with E-state index >= 15 is 0 Å². The van der Waals surface area contributed by atoms with Crippen LogP contribution < -0.4 is 11.1 Å². The maximum Gasteiger partial charge on any atom is 0.163 e. The van der Waals surface area contributed by atoms with E-state index < -0.39 is 0 Å². The van der Waals surface area contributed by atoms with Gasteiger partial charge in [0, 0.05) is 13.6 Å². The number of nitrogens with zero attached hydrogens (tertiary/aromatic N) is 4. The second kappa shape index (κ2) is 4.29. The Morgan fingerprint density at radius 3 is 2.88 bits per heavy atom. The summed E-state index contributed by atoms with van der Waals surface area (Å²) < 4.78 is 1.73. The number of hydrogen-bond acceptors (Lipinski definition) is 5. The standard InChI is InChI=1S/C11H18N6/c1-11(2,5-12)6-13-9-8-4-16-17(3)10(8)15-7-14-9/h4,7H,5-6,12H2,1-3H3,(H,13,14,15). The quantitative estimate of drug-likeness (QED) is 0.816. The Kier molecular flexibility index (Phi) is 2.97. The van der Waals surface area contributed by atoms with Crippen molar-refractivity contribution in [2.75, 3.05) is 18.4 Å². The third-order valence-corrected chi connectivity index (χ3v) is 2.82. The second-order valence-corrected chi connectivity index (χ2v) is 4.95. The monoisotopic (exact) mass is 234 g/mol. The predicted molar refractivity (Wildman–Crippen MR) is 67.6 cm³/mol. The van der Waals surface area contributed by atoms with E-state index in [-0.39, 0.29) is 5.41 Å². The summed E-state index contributed by atoms with van der Waals surface area (Å²) in [6, 6.07) is 0. The summed E-state index contributed by atoms with van der Waals surface area (Å²) in [5.74, 6) is 0.810. The first kappa shape index (κ1) is 11.8. The summed E-state index contributed by atoms with van der Waals surface area (Å²) in [7, 11) is 1.86. The van der Waals surface area contributed by atoms with Crippen molar-refractivity contribution in [2.45, 2.75) is 13.8 Å². The van der Waals surface area contributed by atoms with E-state index in [9.17, 15) is 0 Å². The van der Waals surface area contributed by atoms with Gasteiger partial charge in [0.2, 0.25) is 0 Å². The van der Waals surface area contributed by atoms with Crippen LogP contribution in [-0.2, 0) is 7.05 Å². The molecule has 0 aliphatic carbocycles. The minimum atomic E-state index is 0.0412. The minimum Gasteiger partial charge on any atom is -0.369 e. The van der Waals surface area contributed by atoms with Crippen molar-refractivity contribution in [3.63, 3.8) is 0 Å².